The van der Waals surface area contributed by atoms with Crippen LogP contribution in [0.2, 0.25) is 0 Å². The topological polar surface area (TPSA) is 87.2 Å². The zero-order valence-electron chi connectivity index (χ0n) is 18.3. The summed E-state index contributed by atoms with van der Waals surface area (Å²) < 4.78 is 56.2. The molecule has 1 saturated heterocycles. The first-order chi connectivity index (χ1) is 15.5. The summed E-state index contributed by atoms with van der Waals surface area (Å²) in [5.74, 6) is -3.57. The van der Waals surface area contributed by atoms with Crippen molar-refractivity contribution in [3.8, 4) is 5.75 Å². The number of ether oxygens (including phenoxy) is 1. The summed E-state index contributed by atoms with van der Waals surface area (Å²) in [4.78, 5) is 16.1. The van der Waals surface area contributed by atoms with Gasteiger partial charge in [0.15, 0.2) is 0 Å². The van der Waals surface area contributed by atoms with E-state index in [1.54, 1.807) is 13.8 Å². The zero-order chi connectivity index (χ0) is 24.0. The van der Waals surface area contributed by atoms with Gasteiger partial charge in [0.1, 0.15) is 17.5 Å². The van der Waals surface area contributed by atoms with E-state index in [0.29, 0.717) is 13.1 Å². The molecule has 178 valence electrons. The number of aliphatic hydroxyl groups excluding tert-OH is 1. The quantitative estimate of drug-likeness (QED) is 0.708. The molecule has 0 aromatic heterocycles. The highest BCUT2D eigenvalue weighted by Gasteiger charge is 2.48. The molecule has 0 spiro atoms. The molecule has 0 bridgehead atoms. The van der Waals surface area contributed by atoms with Gasteiger partial charge in [0.2, 0.25) is 15.7 Å². The summed E-state index contributed by atoms with van der Waals surface area (Å²) in [6.45, 7) is 4.85. The monoisotopic (exact) mass is 480 g/mol. The van der Waals surface area contributed by atoms with Gasteiger partial charge in [-0.3, -0.25) is 9.69 Å². The first-order valence-corrected chi connectivity index (χ1v) is 12.1. The number of carbonyl (C=O) groups is 1. The average molecular weight is 481 g/mol. The fraction of sp³-hybridized carbons (Fsp3) is 0.435. The number of halogens is 2. The van der Waals surface area contributed by atoms with Gasteiger partial charge in [-0.25, -0.2) is 8.42 Å². The molecule has 7 nitrogen and oxygen atoms in total. The standard InChI is InChI=1S/C23H26F2N2O5S/c1-23(2)21(29)20(17-12-16(8-9-18(17)32-23)33(30,31)22(24)25)27-11-10-26(14-19(27)28)13-15-6-4-3-5-7-15/h3-9,12,20-22,29H,10-11,13-14H2,1-2H3/t20-,21+/m1/s1. The van der Waals surface area contributed by atoms with E-state index in [4.69, 9.17) is 4.74 Å². The Morgan fingerprint density at radius 1 is 1.15 bits per heavy atom. The van der Waals surface area contributed by atoms with E-state index in [1.807, 2.05) is 35.2 Å². The number of piperazine rings is 1. The number of nitrogens with zero attached hydrogens (tertiary/aromatic N) is 2. The van der Waals surface area contributed by atoms with E-state index in [1.165, 1.54) is 11.0 Å². The van der Waals surface area contributed by atoms with Crippen molar-refractivity contribution >= 4 is 15.7 Å². The third kappa shape index (κ3) is 4.47. The van der Waals surface area contributed by atoms with Gasteiger partial charge in [-0.1, -0.05) is 30.3 Å². The Kier molecular flexibility index (Phi) is 6.19. The maximum atomic E-state index is 13.1. The predicted molar refractivity (Wildman–Crippen MR) is 117 cm³/mol. The minimum Gasteiger partial charge on any atom is -0.485 e. The van der Waals surface area contributed by atoms with Crippen LogP contribution in [0.5, 0.6) is 5.75 Å². The summed E-state index contributed by atoms with van der Waals surface area (Å²) in [6.07, 6.45) is -1.20. The number of amides is 1. The van der Waals surface area contributed by atoms with Crippen molar-refractivity contribution in [2.24, 2.45) is 0 Å². The van der Waals surface area contributed by atoms with Crippen LogP contribution < -0.4 is 4.74 Å². The van der Waals surface area contributed by atoms with Crippen molar-refractivity contribution < 1.29 is 31.8 Å². The van der Waals surface area contributed by atoms with Crippen LogP contribution in [0.3, 0.4) is 0 Å². The van der Waals surface area contributed by atoms with Crippen LogP contribution in [0.25, 0.3) is 0 Å². The number of benzene rings is 2. The van der Waals surface area contributed by atoms with Gasteiger partial charge in [0, 0.05) is 25.2 Å². The van der Waals surface area contributed by atoms with E-state index in [0.717, 1.165) is 17.7 Å². The fourth-order valence-corrected chi connectivity index (χ4v) is 5.12. The molecule has 2 aliphatic rings. The molecule has 10 heteroatoms. The molecule has 0 aliphatic carbocycles. The highest BCUT2D eigenvalue weighted by atomic mass is 32.2. The Labute approximate surface area is 191 Å². The summed E-state index contributed by atoms with van der Waals surface area (Å²) in [7, 11) is -4.85. The average Bonchev–Trinajstić information content (AvgIpc) is 2.76. The number of aliphatic hydroxyl groups is 1. The molecule has 0 unspecified atom stereocenters. The predicted octanol–water partition coefficient (Wildman–Crippen LogP) is 2.60. The number of rotatable bonds is 5. The number of hydrogen-bond acceptors (Lipinski definition) is 6. The lowest BCUT2D eigenvalue weighted by molar-refractivity contribution is -0.150. The normalized spacial score (nSPS) is 23.3. The Balaban J connectivity index is 1.65. The second-order valence-corrected chi connectivity index (χ2v) is 10.8. The summed E-state index contributed by atoms with van der Waals surface area (Å²) in [5, 5.41) is 11.1. The molecule has 0 saturated carbocycles. The van der Waals surface area contributed by atoms with Crippen LogP contribution in [-0.2, 0) is 21.2 Å². The lowest BCUT2D eigenvalue weighted by Crippen LogP contribution is -2.59. The first kappa shape index (κ1) is 23.6. The molecular weight excluding hydrogens is 454 g/mol. The molecule has 33 heavy (non-hydrogen) atoms. The minimum atomic E-state index is -4.85. The maximum absolute atomic E-state index is 13.1. The second-order valence-electron chi connectivity index (χ2n) is 8.88. The summed E-state index contributed by atoms with van der Waals surface area (Å²) in [6, 6.07) is 12.2. The number of carbonyl (C=O) groups excluding carboxylic acids is 1. The number of sulfone groups is 1. The van der Waals surface area contributed by atoms with E-state index >= 15 is 0 Å². The van der Waals surface area contributed by atoms with Gasteiger partial charge in [-0.2, -0.15) is 8.78 Å². The van der Waals surface area contributed by atoms with Crippen molar-refractivity contribution in [3.05, 3.63) is 59.7 Å². The zero-order valence-corrected chi connectivity index (χ0v) is 19.1. The number of fused-ring (bicyclic) bond motifs is 1. The van der Waals surface area contributed by atoms with Crippen LogP contribution in [0.1, 0.15) is 31.0 Å². The SMILES string of the molecule is CC1(C)Oc2ccc(S(=O)(=O)C(F)F)cc2[C@@H](N2CCN(Cc3ccccc3)CC2=O)[C@@H]1O. The highest BCUT2D eigenvalue weighted by Crippen LogP contribution is 2.44. The Bertz CT molecular complexity index is 1140. The molecule has 1 N–H and O–H groups in total. The first-order valence-electron chi connectivity index (χ1n) is 10.6. The van der Waals surface area contributed by atoms with Gasteiger partial charge >= 0.3 is 5.76 Å². The second kappa shape index (κ2) is 8.66. The molecule has 0 radical (unpaired) electrons. The van der Waals surface area contributed by atoms with Crippen LogP contribution in [-0.4, -0.2) is 66.3 Å². The van der Waals surface area contributed by atoms with Gasteiger partial charge in [-0.05, 0) is 37.6 Å². The molecule has 2 atom stereocenters. The minimum absolute atomic E-state index is 0.115. The van der Waals surface area contributed by atoms with Gasteiger partial charge in [0.05, 0.1) is 17.5 Å². The summed E-state index contributed by atoms with van der Waals surface area (Å²) in [5.41, 5.74) is 0.189. The van der Waals surface area contributed by atoms with E-state index in [-0.39, 0.29) is 30.3 Å². The van der Waals surface area contributed by atoms with Gasteiger partial charge < -0.3 is 14.7 Å². The van der Waals surface area contributed by atoms with Crippen LogP contribution >= 0.6 is 0 Å². The van der Waals surface area contributed by atoms with Crippen molar-refractivity contribution in [2.75, 3.05) is 19.6 Å². The van der Waals surface area contributed by atoms with E-state index in [9.17, 15) is 27.1 Å². The van der Waals surface area contributed by atoms with Crippen molar-refractivity contribution in [2.45, 2.75) is 48.8 Å². The lowest BCUT2D eigenvalue weighted by atomic mass is 9.85. The van der Waals surface area contributed by atoms with Crippen molar-refractivity contribution in [1.82, 2.24) is 9.80 Å². The number of hydrogen-bond donors (Lipinski definition) is 1. The van der Waals surface area contributed by atoms with E-state index < -0.39 is 38.2 Å². The Hall–Kier alpha value is -2.56. The third-order valence-corrected chi connectivity index (χ3v) is 7.55. The van der Waals surface area contributed by atoms with E-state index in [2.05, 4.69) is 0 Å². The molecular formula is C23H26F2N2O5S. The molecule has 4 rings (SSSR count). The summed E-state index contributed by atoms with van der Waals surface area (Å²) >= 11 is 0. The van der Waals surface area contributed by atoms with Gasteiger partial charge in [0.25, 0.3) is 0 Å². The molecule has 2 aromatic carbocycles. The van der Waals surface area contributed by atoms with Crippen LogP contribution in [0.4, 0.5) is 8.78 Å². The molecule has 2 aliphatic heterocycles. The van der Waals surface area contributed by atoms with Crippen molar-refractivity contribution in [1.29, 1.82) is 0 Å². The fourth-order valence-electron chi connectivity index (χ4n) is 4.37. The molecule has 2 aromatic rings. The van der Waals surface area contributed by atoms with Crippen LogP contribution in [0.15, 0.2) is 53.4 Å². The number of alkyl halides is 2. The lowest BCUT2D eigenvalue weighted by Gasteiger charge is -2.48. The van der Waals surface area contributed by atoms with Crippen molar-refractivity contribution in [3.63, 3.8) is 0 Å². The third-order valence-electron chi connectivity index (χ3n) is 6.17. The molecule has 2 heterocycles. The molecule has 1 amide bonds. The Morgan fingerprint density at radius 3 is 2.48 bits per heavy atom. The van der Waals surface area contributed by atoms with Crippen LogP contribution in [0, 0.1) is 0 Å². The maximum Gasteiger partial charge on any atom is 0.341 e. The largest absolute Gasteiger partial charge is 0.485 e. The molecule has 1 fully saturated rings. The van der Waals surface area contributed by atoms with Gasteiger partial charge in [-0.15, -0.1) is 0 Å². The smallest absolute Gasteiger partial charge is 0.341 e. The Morgan fingerprint density at radius 2 is 1.85 bits per heavy atom. The highest BCUT2D eigenvalue weighted by molar-refractivity contribution is 7.91.